The van der Waals surface area contributed by atoms with Crippen molar-refractivity contribution in [3.63, 3.8) is 0 Å². The van der Waals surface area contributed by atoms with E-state index in [1.165, 1.54) is 11.3 Å². The topological polar surface area (TPSA) is 72.8 Å². The third kappa shape index (κ3) is 6.99. The molecule has 0 amide bonds. The summed E-state index contributed by atoms with van der Waals surface area (Å²) in [5, 5.41) is 9.16. The zero-order chi connectivity index (χ0) is 36.5. The molecule has 0 aliphatic carbocycles. The Kier molecular flexibility index (Phi) is 10.6. The molecule has 0 aliphatic heterocycles. The van der Waals surface area contributed by atoms with Crippen molar-refractivity contribution >= 4 is 28.1 Å². The highest BCUT2D eigenvalue weighted by Crippen LogP contribution is 2.43. The summed E-state index contributed by atoms with van der Waals surface area (Å²) in [6.45, 7) is 3.86. The second kappa shape index (κ2) is 15.9. The highest BCUT2D eigenvalue weighted by Gasteiger charge is 2.41. The minimum absolute atomic E-state index is 0.0226. The SMILES string of the molecule is CCOC(=O)C(=NOC(c1ccccc1)(c1ccccc1)c1ccccc1)c1nc(NC(c2ccccc2)(c2ccccc2)c2ccccc2)sc1C. The van der Waals surface area contributed by atoms with Crippen LogP contribution in [0.15, 0.2) is 187 Å². The van der Waals surface area contributed by atoms with Crippen LogP contribution in [-0.2, 0) is 25.5 Å². The van der Waals surface area contributed by atoms with Gasteiger partial charge in [0.05, 0.1) is 6.61 Å². The molecule has 6 nitrogen and oxygen atoms in total. The van der Waals surface area contributed by atoms with Gasteiger partial charge in [0.2, 0.25) is 11.3 Å². The molecular weight excluding hydrogens is 675 g/mol. The summed E-state index contributed by atoms with van der Waals surface area (Å²) in [5.74, 6) is -0.629. The summed E-state index contributed by atoms with van der Waals surface area (Å²) < 4.78 is 5.61. The standard InChI is InChI=1S/C46H39N3O3S/c1-3-51-43(50)42(49-52-46(38-28-16-7-17-29-38,39-30-18-8-19-31-39)40-32-20-9-21-33-40)41-34(2)53-44(47-41)48-45(35-22-10-4-11-23-35,36-24-12-5-13-25-36)37-26-14-6-15-27-37/h4-33H,3H2,1-2H3,(H,47,48). The lowest BCUT2D eigenvalue weighted by Crippen LogP contribution is -2.38. The molecule has 1 heterocycles. The van der Waals surface area contributed by atoms with Gasteiger partial charge in [0.15, 0.2) is 5.13 Å². The smallest absolute Gasteiger partial charge is 0.362 e. The van der Waals surface area contributed by atoms with Crippen LogP contribution in [0, 0.1) is 6.92 Å². The number of carbonyl (C=O) groups excluding carboxylic acids is 1. The molecule has 1 aromatic heterocycles. The van der Waals surface area contributed by atoms with E-state index in [2.05, 4.69) is 41.7 Å². The number of benzene rings is 6. The molecule has 7 aromatic rings. The van der Waals surface area contributed by atoms with Gasteiger partial charge in [-0.05, 0) is 30.5 Å². The van der Waals surface area contributed by atoms with Crippen molar-refractivity contribution < 1.29 is 14.4 Å². The summed E-state index contributed by atoms with van der Waals surface area (Å²) in [4.78, 5) is 26.5. The molecule has 0 fully saturated rings. The molecule has 7 rings (SSSR count). The Morgan fingerprint density at radius 1 is 0.604 bits per heavy atom. The Morgan fingerprint density at radius 2 is 0.962 bits per heavy atom. The van der Waals surface area contributed by atoms with Crippen LogP contribution in [0.2, 0.25) is 0 Å². The highest BCUT2D eigenvalue weighted by molar-refractivity contribution is 7.16. The number of nitrogens with one attached hydrogen (secondary N) is 1. The number of aryl methyl sites for hydroxylation is 1. The first-order valence-electron chi connectivity index (χ1n) is 17.6. The Hall–Kier alpha value is -6.31. The number of rotatable bonds is 13. The van der Waals surface area contributed by atoms with Crippen LogP contribution in [-0.4, -0.2) is 23.3 Å². The number of hydrogen-bond acceptors (Lipinski definition) is 7. The van der Waals surface area contributed by atoms with E-state index in [1.54, 1.807) is 6.92 Å². The predicted molar refractivity (Wildman–Crippen MR) is 213 cm³/mol. The summed E-state index contributed by atoms with van der Waals surface area (Å²) >= 11 is 1.45. The van der Waals surface area contributed by atoms with Crippen molar-refractivity contribution in [3.8, 4) is 0 Å². The molecule has 0 radical (unpaired) electrons. The molecular formula is C46H39N3O3S. The maximum atomic E-state index is 13.9. The predicted octanol–water partition coefficient (Wildman–Crippen LogP) is 10.1. The fourth-order valence-electron chi connectivity index (χ4n) is 6.78. The lowest BCUT2D eigenvalue weighted by Gasteiger charge is -2.36. The van der Waals surface area contributed by atoms with E-state index in [0.29, 0.717) is 10.8 Å². The second-order valence-corrected chi connectivity index (χ2v) is 13.6. The lowest BCUT2D eigenvalue weighted by atomic mass is 9.77. The van der Waals surface area contributed by atoms with Crippen molar-refractivity contribution in [2.75, 3.05) is 11.9 Å². The van der Waals surface area contributed by atoms with Gasteiger partial charge in [-0.3, -0.25) is 0 Å². The number of anilines is 1. The molecule has 0 saturated heterocycles. The van der Waals surface area contributed by atoms with Crippen molar-refractivity contribution in [1.29, 1.82) is 0 Å². The quantitative estimate of drug-likeness (QED) is 0.0558. The van der Waals surface area contributed by atoms with Crippen molar-refractivity contribution in [1.82, 2.24) is 4.98 Å². The molecule has 1 N–H and O–H groups in total. The number of aromatic nitrogens is 1. The average Bonchev–Trinajstić information content (AvgIpc) is 3.59. The van der Waals surface area contributed by atoms with E-state index in [-0.39, 0.29) is 12.3 Å². The van der Waals surface area contributed by atoms with E-state index in [1.807, 2.05) is 153 Å². The number of nitrogens with zero attached hydrogens (tertiary/aromatic N) is 2. The Labute approximate surface area is 314 Å². The van der Waals surface area contributed by atoms with Crippen LogP contribution in [0.1, 0.15) is 50.9 Å². The van der Waals surface area contributed by atoms with E-state index >= 15 is 0 Å². The first kappa shape index (κ1) is 35.1. The number of esters is 1. The third-order valence-electron chi connectivity index (χ3n) is 9.22. The van der Waals surface area contributed by atoms with Gasteiger partial charge in [-0.25, -0.2) is 9.78 Å². The average molecular weight is 714 g/mol. The Bertz CT molecular complexity index is 2070. The van der Waals surface area contributed by atoms with E-state index < -0.39 is 17.1 Å². The van der Waals surface area contributed by atoms with E-state index in [0.717, 1.165) is 38.3 Å². The maximum absolute atomic E-state index is 13.9. The molecule has 262 valence electrons. The number of oxime groups is 1. The van der Waals surface area contributed by atoms with E-state index in [4.69, 9.17) is 19.7 Å². The molecule has 0 spiro atoms. The van der Waals surface area contributed by atoms with Crippen LogP contribution in [0.5, 0.6) is 0 Å². The van der Waals surface area contributed by atoms with Crippen LogP contribution in [0.4, 0.5) is 5.13 Å². The summed E-state index contributed by atoms with van der Waals surface area (Å²) in [5.41, 5.74) is 3.99. The summed E-state index contributed by atoms with van der Waals surface area (Å²) in [7, 11) is 0. The zero-order valence-electron chi connectivity index (χ0n) is 29.6. The molecule has 6 aromatic carbocycles. The number of carbonyl (C=O) groups is 1. The lowest BCUT2D eigenvalue weighted by molar-refractivity contribution is -0.135. The van der Waals surface area contributed by atoms with Gasteiger partial charge in [0.1, 0.15) is 11.2 Å². The molecule has 0 unspecified atom stereocenters. The van der Waals surface area contributed by atoms with Crippen LogP contribution >= 0.6 is 11.3 Å². The number of ether oxygens (including phenoxy) is 1. The van der Waals surface area contributed by atoms with Crippen LogP contribution in [0.25, 0.3) is 0 Å². The van der Waals surface area contributed by atoms with Gasteiger partial charge >= 0.3 is 5.97 Å². The molecule has 53 heavy (non-hydrogen) atoms. The summed E-state index contributed by atoms with van der Waals surface area (Å²) in [6.07, 6.45) is 0. The Morgan fingerprint density at radius 3 is 1.32 bits per heavy atom. The second-order valence-electron chi connectivity index (χ2n) is 12.4. The first-order valence-corrected chi connectivity index (χ1v) is 18.4. The Balaban J connectivity index is 1.39. The van der Waals surface area contributed by atoms with Gasteiger partial charge in [-0.15, -0.1) is 11.3 Å². The maximum Gasteiger partial charge on any atom is 0.362 e. The fraction of sp³-hybridized carbons (Fsp3) is 0.109. The van der Waals surface area contributed by atoms with Gasteiger partial charge in [0, 0.05) is 21.6 Å². The number of thiazole rings is 1. The number of hydrogen-bond donors (Lipinski definition) is 1. The normalized spacial score (nSPS) is 11.8. The molecule has 0 atom stereocenters. The minimum atomic E-state index is -1.20. The van der Waals surface area contributed by atoms with Gasteiger partial charge in [0.25, 0.3) is 0 Å². The van der Waals surface area contributed by atoms with Crippen LogP contribution in [0.3, 0.4) is 0 Å². The van der Waals surface area contributed by atoms with E-state index in [9.17, 15) is 4.79 Å². The van der Waals surface area contributed by atoms with Crippen LogP contribution < -0.4 is 5.32 Å². The molecule has 0 aliphatic rings. The van der Waals surface area contributed by atoms with Gasteiger partial charge in [-0.1, -0.05) is 187 Å². The minimum Gasteiger partial charge on any atom is -0.461 e. The highest BCUT2D eigenvalue weighted by atomic mass is 32.1. The fourth-order valence-corrected chi connectivity index (χ4v) is 7.65. The first-order chi connectivity index (χ1) is 26.1. The monoisotopic (exact) mass is 713 g/mol. The summed E-state index contributed by atoms with van der Waals surface area (Å²) in [6, 6.07) is 60.7. The third-order valence-corrected chi connectivity index (χ3v) is 10.1. The van der Waals surface area contributed by atoms with Crippen molar-refractivity contribution in [3.05, 3.63) is 226 Å². The molecule has 0 bridgehead atoms. The van der Waals surface area contributed by atoms with Crippen molar-refractivity contribution in [2.24, 2.45) is 5.16 Å². The van der Waals surface area contributed by atoms with Crippen molar-refractivity contribution in [2.45, 2.75) is 25.0 Å². The van der Waals surface area contributed by atoms with Gasteiger partial charge in [-0.2, -0.15) is 0 Å². The molecule has 0 saturated carbocycles. The zero-order valence-corrected chi connectivity index (χ0v) is 30.4. The van der Waals surface area contributed by atoms with Gasteiger partial charge < -0.3 is 14.9 Å². The largest absolute Gasteiger partial charge is 0.461 e. The molecule has 7 heteroatoms.